The van der Waals surface area contributed by atoms with Gasteiger partial charge in [0, 0.05) is 19.6 Å². The molecular formula is C27H27ClN6O. The van der Waals surface area contributed by atoms with E-state index < -0.39 is 0 Å². The van der Waals surface area contributed by atoms with Crippen molar-refractivity contribution in [3.8, 4) is 6.19 Å². The van der Waals surface area contributed by atoms with Gasteiger partial charge in [-0.2, -0.15) is 5.26 Å². The Morgan fingerprint density at radius 2 is 1.71 bits per heavy atom. The second kappa shape index (κ2) is 10.9. The van der Waals surface area contributed by atoms with Gasteiger partial charge in [-0.3, -0.25) is 5.32 Å². The summed E-state index contributed by atoms with van der Waals surface area (Å²) >= 11 is 6.36. The quantitative estimate of drug-likeness (QED) is 0.218. The predicted molar refractivity (Wildman–Crippen MR) is 140 cm³/mol. The van der Waals surface area contributed by atoms with Crippen molar-refractivity contribution < 1.29 is 4.79 Å². The predicted octanol–water partition coefficient (Wildman–Crippen LogP) is 5.61. The van der Waals surface area contributed by atoms with Crippen molar-refractivity contribution in [2.24, 2.45) is 4.99 Å². The molecule has 0 aliphatic carbocycles. The normalized spacial score (nSPS) is 15.9. The van der Waals surface area contributed by atoms with Crippen molar-refractivity contribution in [3.63, 3.8) is 0 Å². The first-order valence-corrected chi connectivity index (χ1v) is 11.8. The third-order valence-corrected chi connectivity index (χ3v) is 6.40. The van der Waals surface area contributed by atoms with Crippen LogP contribution in [-0.2, 0) is 0 Å². The summed E-state index contributed by atoms with van der Waals surface area (Å²) in [5.74, 6) is 0.463. The van der Waals surface area contributed by atoms with Crippen LogP contribution in [0.25, 0.3) is 0 Å². The molecule has 1 fully saturated rings. The van der Waals surface area contributed by atoms with Crippen LogP contribution in [-0.4, -0.2) is 41.4 Å². The first-order chi connectivity index (χ1) is 17.0. The van der Waals surface area contributed by atoms with E-state index in [0.717, 1.165) is 22.4 Å². The van der Waals surface area contributed by atoms with E-state index in [-0.39, 0.29) is 12.1 Å². The Morgan fingerprint density at radius 1 is 1.00 bits per heavy atom. The fraction of sp³-hybridized carbons (Fsp3) is 0.222. The lowest BCUT2D eigenvalue weighted by atomic mass is 10.0. The molecule has 1 atom stereocenters. The van der Waals surface area contributed by atoms with Gasteiger partial charge in [-0.1, -0.05) is 72.3 Å². The molecule has 35 heavy (non-hydrogen) atoms. The van der Waals surface area contributed by atoms with E-state index >= 15 is 0 Å². The summed E-state index contributed by atoms with van der Waals surface area (Å²) in [5, 5.41) is 15.6. The summed E-state index contributed by atoms with van der Waals surface area (Å²) < 4.78 is 0. The van der Waals surface area contributed by atoms with Gasteiger partial charge in [0.15, 0.2) is 6.19 Å². The van der Waals surface area contributed by atoms with Gasteiger partial charge in [-0.25, -0.2) is 9.79 Å². The number of anilines is 1. The number of aliphatic imine (C=N–C) groups is 1. The monoisotopic (exact) mass is 486 g/mol. The maximum atomic E-state index is 13.4. The summed E-state index contributed by atoms with van der Waals surface area (Å²) in [5.41, 5.74) is 4.30. The molecule has 7 nitrogen and oxygen atoms in total. The number of benzene rings is 3. The highest BCUT2D eigenvalue weighted by Gasteiger charge is 2.33. The molecule has 0 bridgehead atoms. The number of rotatable bonds is 3. The van der Waals surface area contributed by atoms with Gasteiger partial charge in [-0.15, -0.1) is 0 Å². The van der Waals surface area contributed by atoms with E-state index in [1.54, 1.807) is 6.07 Å². The molecule has 8 heteroatoms. The molecule has 1 heterocycles. The van der Waals surface area contributed by atoms with Crippen LogP contribution in [0, 0.1) is 25.3 Å². The summed E-state index contributed by atoms with van der Waals surface area (Å²) in [7, 11) is 0. The molecule has 0 aromatic heterocycles. The van der Waals surface area contributed by atoms with Crippen molar-refractivity contribution in [3.05, 3.63) is 94.5 Å². The minimum Gasteiger partial charge on any atom is -0.338 e. The molecule has 0 spiro atoms. The number of aryl methyl sites for hydroxylation is 2. The zero-order valence-electron chi connectivity index (χ0n) is 19.7. The molecular weight excluding hydrogens is 460 g/mol. The molecule has 2 amide bonds. The van der Waals surface area contributed by atoms with Gasteiger partial charge in [0.1, 0.15) is 0 Å². The molecule has 178 valence electrons. The first kappa shape index (κ1) is 24.1. The molecule has 1 aliphatic heterocycles. The number of carbonyl (C=O) groups is 1. The number of nitrogens with one attached hydrogen (secondary N) is 2. The Hall–Kier alpha value is -4.02. The Kier molecular flexibility index (Phi) is 7.54. The van der Waals surface area contributed by atoms with Gasteiger partial charge >= 0.3 is 6.03 Å². The Bertz CT molecular complexity index is 1250. The van der Waals surface area contributed by atoms with E-state index in [4.69, 9.17) is 16.6 Å². The summed E-state index contributed by atoms with van der Waals surface area (Å²) in [4.78, 5) is 22.0. The van der Waals surface area contributed by atoms with Crippen LogP contribution in [0.2, 0.25) is 5.02 Å². The number of halogens is 1. The number of hydrogen-bond acceptors (Lipinski definition) is 3. The van der Waals surface area contributed by atoms with E-state index in [0.29, 0.717) is 36.3 Å². The number of nitrogens with zero attached hydrogens (tertiary/aromatic N) is 4. The summed E-state index contributed by atoms with van der Waals surface area (Å²) in [6, 6.07) is 22.7. The van der Waals surface area contributed by atoms with E-state index in [2.05, 4.69) is 10.6 Å². The standard InChI is InChI=1S/C27H27ClN6O/c1-19-9-6-7-14-23(19)31-26(30-18-29)33-15-16-34(24(17-33)21-11-4-3-5-12-21)27(35)32-25-20(2)10-8-13-22(25)28/h3-14,24H,15-17H2,1-2H3,(H,30,31)(H,32,35). The maximum absolute atomic E-state index is 13.4. The van der Waals surface area contributed by atoms with Crippen molar-refractivity contribution in [2.75, 3.05) is 25.0 Å². The van der Waals surface area contributed by atoms with Crippen molar-refractivity contribution >= 4 is 35.0 Å². The second-order valence-electron chi connectivity index (χ2n) is 8.39. The molecule has 3 aromatic carbocycles. The molecule has 1 unspecified atom stereocenters. The van der Waals surface area contributed by atoms with Gasteiger partial charge in [-0.05, 0) is 42.7 Å². The average molecular weight is 487 g/mol. The van der Waals surface area contributed by atoms with E-state index in [1.807, 2.05) is 96.6 Å². The lowest BCUT2D eigenvalue weighted by Gasteiger charge is -2.42. The lowest BCUT2D eigenvalue weighted by molar-refractivity contribution is 0.135. The molecule has 4 rings (SSSR count). The van der Waals surface area contributed by atoms with Crippen LogP contribution < -0.4 is 10.6 Å². The van der Waals surface area contributed by atoms with Crippen LogP contribution in [0.15, 0.2) is 77.8 Å². The molecule has 2 N–H and O–H groups in total. The van der Waals surface area contributed by atoms with Gasteiger partial charge < -0.3 is 15.1 Å². The fourth-order valence-corrected chi connectivity index (χ4v) is 4.45. The minimum atomic E-state index is -0.254. The van der Waals surface area contributed by atoms with Crippen LogP contribution in [0.3, 0.4) is 0 Å². The molecule has 0 saturated carbocycles. The average Bonchev–Trinajstić information content (AvgIpc) is 2.87. The Labute approximate surface area is 210 Å². The number of guanidine groups is 1. The topological polar surface area (TPSA) is 83.8 Å². The number of para-hydroxylation sites is 2. The van der Waals surface area contributed by atoms with Crippen molar-refractivity contribution in [2.45, 2.75) is 19.9 Å². The lowest BCUT2D eigenvalue weighted by Crippen LogP contribution is -2.55. The first-order valence-electron chi connectivity index (χ1n) is 11.4. The van der Waals surface area contributed by atoms with Gasteiger partial charge in [0.05, 0.1) is 22.4 Å². The third-order valence-electron chi connectivity index (χ3n) is 6.09. The fourth-order valence-electron chi connectivity index (χ4n) is 4.18. The minimum absolute atomic E-state index is 0.222. The van der Waals surface area contributed by atoms with Crippen LogP contribution in [0.4, 0.5) is 16.2 Å². The number of piperazine rings is 1. The summed E-state index contributed by atoms with van der Waals surface area (Å²) in [6.45, 7) is 5.31. The number of hydrogen-bond donors (Lipinski definition) is 2. The molecule has 3 aromatic rings. The van der Waals surface area contributed by atoms with Gasteiger partial charge in [0.2, 0.25) is 5.96 Å². The number of amides is 2. The largest absolute Gasteiger partial charge is 0.338 e. The number of carbonyl (C=O) groups excluding carboxylic acids is 1. The van der Waals surface area contributed by atoms with E-state index in [9.17, 15) is 10.1 Å². The van der Waals surface area contributed by atoms with E-state index in [1.165, 1.54) is 0 Å². The van der Waals surface area contributed by atoms with Crippen molar-refractivity contribution in [1.82, 2.24) is 15.1 Å². The zero-order chi connectivity index (χ0) is 24.8. The smallest absolute Gasteiger partial charge is 0.322 e. The molecule has 1 saturated heterocycles. The molecule has 1 aliphatic rings. The number of nitriles is 1. The Morgan fingerprint density at radius 3 is 2.43 bits per heavy atom. The number of urea groups is 1. The maximum Gasteiger partial charge on any atom is 0.322 e. The van der Waals surface area contributed by atoms with Crippen molar-refractivity contribution in [1.29, 1.82) is 5.26 Å². The highest BCUT2D eigenvalue weighted by molar-refractivity contribution is 6.33. The molecule has 0 radical (unpaired) electrons. The SMILES string of the molecule is Cc1ccccc1N=C(NC#N)N1CCN(C(=O)Nc2c(C)cccc2Cl)C(c2ccccc2)C1. The highest BCUT2D eigenvalue weighted by atomic mass is 35.5. The van der Waals surface area contributed by atoms with Crippen LogP contribution in [0.1, 0.15) is 22.7 Å². The van der Waals surface area contributed by atoms with Gasteiger partial charge in [0.25, 0.3) is 0 Å². The third kappa shape index (κ3) is 5.56. The summed E-state index contributed by atoms with van der Waals surface area (Å²) in [6.07, 6.45) is 2.01. The second-order valence-corrected chi connectivity index (χ2v) is 8.79. The van der Waals surface area contributed by atoms with Crippen LogP contribution >= 0.6 is 11.6 Å². The zero-order valence-corrected chi connectivity index (χ0v) is 20.5. The highest BCUT2D eigenvalue weighted by Crippen LogP contribution is 2.30. The van der Waals surface area contributed by atoms with Crippen LogP contribution in [0.5, 0.6) is 0 Å². The Balaban J connectivity index is 1.63.